The predicted molar refractivity (Wildman–Crippen MR) is 146 cm³/mol. The highest BCUT2D eigenvalue weighted by Crippen LogP contribution is 2.15. The molecule has 190 valence electrons. The molecule has 0 saturated heterocycles. The maximum absolute atomic E-state index is 12.0. The molecule has 0 spiro atoms. The number of benzene rings is 4. The SMILES string of the molecule is O=C(NN=Cc1cccc(OCc2ccccc2)c1)C(=O)NN=Cc1cccc(OCc2ccccc2)c1. The highest BCUT2D eigenvalue weighted by Gasteiger charge is 2.11. The summed E-state index contributed by atoms with van der Waals surface area (Å²) in [6.07, 6.45) is 2.84. The lowest BCUT2D eigenvalue weighted by Crippen LogP contribution is -2.35. The molecule has 8 nitrogen and oxygen atoms in total. The van der Waals surface area contributed by atoms with E-state index in [1.807, 2.05) is 84.9 Å². The number of carbonyl (C=O) groups excluding carboxylic acids is 2. The van der Waals surface area contributed by atoms with Crippen LogP contribution in [0.3, 0.4) is 0 Å². The Morgan fingerprint density at radius 3 is 1.42 bits per heavy atom. The third-order valence-corrected chi connectivity index (χ3v) is 5.18. The number of hydrogen-bond acceptors (Lipinski definition) is 6. The van der Waals surface area contributed by atoms with Crippen molar-refractivity contribution in [2.24, 2.45) is 10.2 Å². The quantitative estimate of drug-likeness (QED) is 0.189. The summed E-state index contributed by atoms with van der Waals surface area (Å²) in [6.45, 7) is 0.869. The first-order chi connectivity index (χ1) is 18.7. The van der Waals surface area contributed by atoms with Gasteiger partial charge in [0, 0.05) is 0 Å². The van der Waals surface area contributed by atoms with Crippen LogP contribution < -0.4 is 20.3 Å². The maximum Gasteiger partial charge on any atom is 0.331 e. The van der Waals surface area contributed by atoms with Crippen molar-refractivity contribution < 1.29 is 19.1 Å². The van der Waals surface area contributed by atoms with Crippen molar-refractivity contribution in [3.8, 4) is 11.5 Å². The van der Waals surface area contributed by atoms with Gasteiger partial charge in [0.25, 0.3) is 0 Å². The molecule has 0 aliphatic carbocycles. The fourth-order valence-corrected chi connectivity index (χ4v) is 3.28. The summed E-state index contributed by atoms with van der Waals surface area (Å²) in [5.41, 5.74) is 7.86. The van der Waals surface area contributed by atoms with Gasteiger partial charge in [-0.2, -0.15) is 10.2 Å². The zero-order valence-corrected chi connectivity index (χ0v) is 20.5. The minimum absolute atomic E-state index is 0.434. The number of amides is 2. The van der Waals surface area contributed by atoms with Crippen molar-refractivity contribution in [3.05, 3.63) is 131 Å². The van der Waals surface area contributed by atoms with E-state index in [0.717, 1.165) is 11.1 Å². The summed E-state index contributed by atoms with van der Waals surface area (Å²) in [4.78, 5) is 24.0. The van der Waals surface area contributed by atoms with Gasteiger partial charge in [0.05, 0.1) is 12.4 Å². The Hall–Kier alpha value is -5.24. The van der Waals surface area contributed by atoms with Crippen molar-refractivity contribution in [2.45, 2.75) is 13.2 Å². The highest BCUT2D eigenvalue weighted by molar-refractivity contribution is 6.35. The molecular weight excluding hydrogens is 480 g/mol. The lowest BCUT2D eigenvalue weighted by molar-refractivity contribution is -0.139. The van der Waals surface area contributed by atoms with Crippen LogP contribution in [0.2, 0.25) is 0 Å². The smallest absolute Gasteiger partial charge is 0.331 e. The fraction of sp³-hybridized carbons (Fsp3) is 0.0667. The molecule has 0 aromatic heterocycles. The summed E-state index contributed by atoms with van der Waals surface area (Å²) in [5.74, 6) is -0.582. The lowest BCUT2D eigenvalue weighted by Gasteiger charge is -2.07. The van der Waals surface area contributed by atoms with Crippen LogP contribution >= 0.6 is 0 Å². The number of ether oxygens (including phenoxy) is 2. The van der Waals surface area contributed by atoms with Gasteiger partial charge in [0.1, 0.15) is 24.7 Å². The molecule has 0 aliphatic rings. The standard InChI is InChI=1S/C30H26N4O4/c35-29(33-31-19-25-13-7-15-27(17-25)37-21-23-9-3-1-4-10-23)30(36)34-32-20-26-14-8-16-28(18-26)38-22-24-11-5-2-6-12-24/h1-20H,21-22H2,(H,33,35)(H,34,36). The Kier molecular flexibility index (Phi) is 9.35. The van der Waals surface area contributed by atoms with E-state index in [9.17, 15) is 9.59 Å². The largest absolute Gasteiger partial charge is 0.489 e. The van der Waals surface area contributed by atoms with Crippen molar-refractivity contribution in [1.82, 2.24) is 10.9 Å². The van der Waals surface area contributed by atoms with Crippen LogP contribution in [0.15, 0.2) is 119 Å². The van der Waals surface area contributed by atoms with E-state index in [4.69, 9.17) is 9.47 Å². The number of hydrazone groups is 2. The summed E-state index contributed by atoms with van der Waals surface area (Å²) < 4.78 is 11.6. The number of nitrogens with zero attached hydrogens (tertiary/aromatic N) is 2. The zero-order chi connectivity index (χ0) is 26.4. The molecule has 4 rings (SSSR count). The van der Waals surface area contributed by atoms with Gasteiger partial charge in [0.15, 0.2) is 0 Å². The number of hydrogen-bond donors (Lipinski definition) is 2. The van der Waals surface area contributed by atoms with Gasteiger partial charge in [-0.05, 0) is 46.5 Å². The first-order valence-corrected chi connectivity index (χ1v) is 11.9. The molecule has 4 aromatic carbocycles. The molecule has 38 heavy (non-hydrogen) atoms. The van der Waals surface area contributed by atoms with Gasteiger partial charge < -0.3 is 9.47 Å². The number of nitrogens with one attached hydrogen (secondary N) is 2. The van der Waals surface area contributed by atoms with E-state index >= 15 is 0 Å². The molecule has 2 amide bonds. The molecule has 0 aliphatic heterocycles. The average Bonchev–Trinajstić information content (AvgIpc) is 2.96. The summed E-state index contributed by atoms with van der Waals surface area (Å²) in [7, 11) is 0. The predicted octanol–water partition coefficient (Wildman–Crippen LogP) is 4.45. The summed E-state index contributed by atoms with van der Waals surface area (Å²) in [5, 5.41) is 7.67. The monoisotopic (exact) mass is 506 g/mol. The van der Waals surface area contributed by atoms with E-state index in [0.29, 0.717) is 35.8 Å². The number of rotatable bonds is 10. The van der Waals surface area contributed by atoms with Crippen LogP contribution in [0.4, 0.5) is 0 Å². The molecule has 0 saturated carbocycles. The van der Waals surface area contributed by atoms with Crippen molar-refractivity contribution in [2.75, 3.05) is 0 Å². The van der Waals surface area contributed by atoms with Crippen molar-refractivity contribution in [3.63, 3.8) is 0 Å². The molecule has 4 aromatic rings. The van der Waals surface area contributed by atoms with E-state index < -0.39 is 11.8 Å². The molecule has 0 fully saturated rings. The second kappa shape index (κ2) is 13.7. The van der Waals surface area contributed by atoms with Gasteiger partial charge in [-0.3, -0.25) is 9.59 Å². The van der Waals surface area contributed by atoms with Gasteiger partial charge in [-0.15, -0.1) is 0 Å². The van der Waals surface area contributed by atoms with Crippen LogP contribution in [0.25, 0.3) is 0 Å². The van der Waals surface area contributed by atoms with E-state index in [1.54, 1.807) is 24.3 Å². The maximum atomic E-state index is 12.0. The minimum atomic E-state index is -0.949. The van der Waals surface area contributed by atoms with Gasteiger partial charge in [-0.25, -0.2) is 10.9 Å². The zero-order valence-electron chi connectivity index (χ0n) is 20.5. The Balaban J connectivity index is 1.21. The van der Waals surface area contributed by atoms with Gasteiger partial charge in [0.2, 0.25) is 0 Å². The van der Waals surface area contributed by atoms with E-state index in [1.165, 1.54) is 12.4 Å². The van der Waals surface area contributed by atoms with Crippen molar-refractivity contribution >= 4 is 24.2 Å². The van der Waals surface area contributed by atoms with E-state index in [-0.39, 0.29) is 0 Å². The second-order valence-corrected chi connectivity index (χ2v) is 8.09. The van der Waals surface area contributed by atoms with Crippen molar-refractivity contribution in [1.29, 1.82) is 0 Å². The molecule has 0 bridgehead atoms. The molecule has 0 unspecified atom stereocenters. The van der Waals surface area contributed by atoms with Crippen LogP contribution in [0.1, 0.15) is 22.3 Å². The molecule has 0 heterocycles. The lowest BCUT2D eigenvalue weighted by atomic mass is 10.2. The Labute approximate surface area is 220 Å². The fourth-order valence-electron chi connectivity index (χ4n) is 3.28. The molecular formula is C30H26N4O4. The van der Waals surface area contributed by atoms with E-state index in [2.05, 4.69) is 21.1 Å². The normalized spacial score (nSPS) is 10.8. The molecule has 8 heteroatoms. The number of carbonyl (C=O) groups is 2. The topological polar surface area (TPSA) is 101 Å². The third-order valence-electron chi connectivity index (χ3n) is 5.18. The minimum Gasteiger partial charge on any atom is -0.489 e. The first-order valence-electron chi connectivity index (χ1n) is 11.9. The third kappa shape index (κ3) is 8.46. The Morgan fingerprint density at radius 2 is 1.00 bits per heavy atom. The first kappa shape index (κ1) is 25.8. The van der Waals surface area contributed by atoms with Crippen LogP contribution in [0, 0.1) is 0 Å². The van der Waals surface area contributed by atoms with Crippen LogP contribution in [0.5, 0.6) is 11.5 Å². The highest BCUT2D eigenvalue weighted by atomic mass is 16.5. The van der Waals surface area contributed by atoms with Crippen LogP contribution in [-0.4, -0.2) is 24.2 Å². The van der Waals surface area contributed by atoms with Crippen LogP contribution in [-0.2, 0) is 22.8 Å². The molecule has 2 N–H and O–H groups in total. The Morgan fingerprint density at radius 1 is 0.579 bits per heavy atom. The van der Waals surface area contributed by atoms with Gasteiger partial charge in [-0.1, -0.05) is 84.9 Å². The Bertz CT molecular complexity index is 1300. The van der Waals surface area contributed by atoms with Gasteiger partial charge >= 0.3 is 11.8 Å². The molecule has 0 atom stereocenters. The summed E-state index contributed by atoms with van der Waals surface area (Å²) in [6, 6.07) is 34.1. The summed E-state index contributed by atoms with van der Waals surface area (Å²) >= 11 is 0. The molecule has 0 radical (unpaired) electrons. The average molecular weight is 507 g/mol. The second-order valence-electron chi connectivity index (χ2n) is 8.09.